The van der Waals surface area contributed by atoms with E-state index in [0.29, 0.717) is 23.3 Å². The predicted molar refractivity (Wildman–Crippen MR) is 62.0 cm³/mol. The number of halogens is 1. The Morgan fingerprint density at radius 1 is 1.60 bits per heavy atom. The van der Waals surface area contributed by atoms with Crippen molar-refractivity contribution in [3.63, 3.8) is 0 Å². The Balaban J connectivity index is 2.28. The van der Waals surface area contributed by atoms with Crippen LogP contribution in [0.1, 0.15) is 12.6 Å². The first-order valence-corrected chi connectivity index (χ1v) is 6.10. The second-order valence-corrected chi connectivity index (χ2v) is 4.12. The Kier molecular flexibility index (Phi) is 5.50. The van der Waals surface area contributed by atoms with Gasteiger partial charge in [-0.3, -0.25) is 4.79 Å². The van der Waals surface area contributed by atoms with Gasteiger partial charge in [0.1, 0.15) is 5.15 Å². The monoisotopic (exact) mass is 245 g/mol. The van der Waals surface area contributed by atoms with Gasteiger partial charge in [0.2, 0.25) is 0 Å². The molecule has 1 aromatic rings. The molecule has 0 saturated heterocycles. The maximum atomic E-state index is 11.0. The third-order valence-corrected chi connectivity index (χ3v) is 2.70. The van der Waals surface area contributed by atoms with Gasteiger partial charge in [-0.25, -0.2) is 4.98 Å². The van der Waals surface area contributed by atoms with Crippen molar-refractivity contribution < 1.29 is 9.53 Å². The van der Waals surface area contributed by atoms with Crippen molar-refractivity contribution >= 4 is 29.3 Å². The normalized spacial score (nSPS) is 10.0. The highest BCUT2D eigenvalue weighted by molar-refractivity contribution is 7.99. The van der Waals surface area contributed by atoms with Gasteiger partial charge in [0, 0.05) is 5.75 Å². The quantitative estimate of drug-likeness (QED) is 0.590. The van der Waals surface area contributed by atoms with Crippen LogP contribution in [0.2, 0.25) is 5.15 Å². The van der Waals surface area contributed by atoms with Crippen molar-refractivity contribution in [1.82, 2.24) is 4.98 Å². The molecular formula is C10H12ClNO2S. The number of esters is 1. The molecule has 0 aromatic carbocycles. The Morgan fingerprint density at radius 2 is 2.40 bits per heavy atom. The topological polar surface area (TPSA) is 39.2 Å². The fraction of sp³-hybridized carbons (Fsp3) is 0.400. The van der Waals surface area contributed by atoms with Gasteiger partial charge in [-0.1, -0.05) is 17.7 Å². The van der Waals surface area contributed by atoms with E-state index in [1.54, 1.807) is 13.0 Å². The summed E-state index contributed by atoms with van der Waals surface area (Å²) in [5.74, 6) is 0.825. The number of rotatable bonds is 5. The lowest BCUT2D eigenvalue weighted by atomic mass is 10.4. The fourth-order valence-electron chi connectivity index (χ4n) is 0.972. The van der Waals surface area contributed by atoms with Crippen LogP contribution in [0.3, 0.4) is 0 Å². The molecule has 0 fully saturated rings. The SMILES string of the molecule is CCOC(=O)CSCc1cccc(Cl)n1. The number of nitrogens with zero attached hydrogens (tertiary/aromatic N) is 1. The zero-order valence-electron chi connectivity index (χ0n) is 8.40. The van der Waals surface area contributed by atoms with E-state index in [1.165, 1.54) is 11.8 Å². The van der Waals surface area contributed by atoms with Crippen molar-refractivity contribution in [2.24, 2.45) is 0 Å². The second kappa shape index (κ2) is 6.69. The summed E-state index contributed by atoms with van der Waals surface area (Å²) in [5, 5.41) is 0.476. The summed E-state index contributed by atoms with van der Waals surface area (Å²) in [4.78, 5) is 15.1. The van der Waals surface area contributed by atoms with Crippen LogP contribution in [0, 0.1) is 0 Å². The number of aromatic nitrogens is 1. The number of carbonyl (C=O) groups is 1. The van der Waals surface area contributed by atoms with E-state index in [9.17, 15) is 4.79 Å². The van der Waals surface area contributed by atoms with Gasteiger partial charge in [0.15, 0.2) is 0 Å². The van der Waals surface area contributed by atoms with Crippen LogP contribution in [0.15, 0.2) is 18.2 Å². The number of thioether (sulfide) groups is 1. The molecule has 0 N–H and O–H groups in total. The molecule has 0 spiro atoms. The third-order valence-electron chi connectivity index (χ3n) is 1.55. The summed E-state index contributed by atoms with van der Waals surface area (Å²) >= 11 is 7.19. The van der Waals surface area contributed by atoms with Gasteiger partial charge in [-0.2, -0.15) is 0 Å². The maximum absolute atomic E-state index is 11.0. The minimum absolute atomic E-state index is 0.190. The van der Waals surface area contributed by atoms with Gasteiger partial charge in [0.05, 0.1) is 18.1 Å². The van der Waals surface area contributed by atoms with E-state index in [1.807, 2.05) is 12.1 Å². The maximum Gasteiger partial charge on any atom is 0.315 e. The molecule has 15 heavy (non-hydrogen) atoms. The minimum Gasteiger partial charge on any atom is -0.465 e. The Hall–Kier alpha value is -0.740. The van der Waals surface area contributed by atoms with E-state index in [-0.39, 0.29) is 5.97 Å². The molecule has 82 valence electrons. The lowest BCUT2D eigenvalue weighted by Crippen LogP contribution is -2.06. The number of pyridine rings is 1. The summed E-state index contributed by atoms with van der Waals surface area (Å²) in [6.07, 6.45) is 0. The number of hydrogen-bond donors (Lipinski definition) is 0. The summed E-state index contributed by atoms with van der Waals surface area (Å²) in [5.41, 5.74) is 0.872. The third kappa shape index (κ3) is 5.04. The van der Waals surface area contributed by atoms with Gasteiger partial charge in [0.25, 0.3) is 0 Å². The largest absolute Gasteiger partial charge is 0.465 e. The van der Waals surface area contributed by atoms with Gasteiger partial charge in [-0.05, 0) is 19.1 Å². The van der Waals surface area contributed by atoms with Crippen LogP contribution in [-0.2, 0) is 15.3 Å². The van der Waals surface area contributed by atoms with Crippen molar-refractivity contribution in [1.29, 1.82) is 0 Å². The second-order valence-electron chi connectivity index (χ2n) is 2.75. The Morgan fingerprint density at radius 3 is 3.07 bits per heavy atom. The lowest BCUT2D eigenvalue weighted by Gasteiger charge is -2.01. The zero-order chi connectivity index (χ0) is 11.1. The molecule has 1 heterocycles. The number of ether oxygens (including phenoxy) is 1. The van der Waals surface area contributed by atoms with Crippen molar-refractivity contribution in [3.05, 3.63) is 29.0 Å². The molecule has 0 atom stereocenters. The molecule has 5 heteroatoms. The first kappa shape index (κ1) is 12.3. The molecule has 1 rings (SSSR count). The zero-order valence-corrected chi connectivity index (χ0v) is 9.98. The molecule has 0 aliphatic heterocycles. The van der Waals surface area contributed by atoms with Crippen molar-refractivity contribution in [2.75, 3.05) is 12.4 Å². The van der Waals surface area contributed by atoms with Crippen molar-refractivity contribution in [3.8, 4) is 0 Å². The van der Waals surface area contributed by atoms with E-state index in [4.69, 9.17) is 16.3 Å². The standard InChI is InChI=1S/C10H12ClNO2S/c1-2-14-10(13)7-15-6-8-4-3-5-9(11)12-8/h3-5H,2,6-7H2,1H3. The van der Waals surface area contributed by atoms with Crippen LogP contribution in [-0.4, -0.2) is 23.3 Å². The molecule has 0 unspecified atom stereocenters. The number of hydrogen-bond acceptors (Lipinski definition) is 4. The van der Waals surface area contributed by atoms with E-state index >= 15 is 0 Å². The lowest BCUT2D eigenvalue weighted by molar-refractivity contribution is -0.139. The van der Waals surface area contributed by atoms with E-state index in [2.05, 4.69) is 4.98 Å². The summed E-state index contributed by atoms with van der Waals surface area (Å²) in [6, 6.07) is 5.45. The molecule has 0 aliphatic rings. The fourth-order valence-corrected chi connectivity index (χ4v) is 1.88. The summed E-state index contributed by atoms with van der Waals surface area (Å²) in [7, 11) is 0. The van der Waals surface area contributed by atoms with Gasteiger partial charge < -0.3 is 4.74 Å². The molecular weight excluding hydrogens is 234 g/mol. The van der Waals surface area contributed by atoms with Crippen LogP contribution >= 0.6 is 23.4 Å². The first-order valence-electron chi connectivity index (χ1n) is 4.57. The van der Waals surface area contributed by atoms with Gasteiger partial charge >= 0.3 is 5.97 Å². The minimum atomic E-state index is -0.190. The molecule has 3 nitrogen and oxygen atoms in total. The van der Waals surface area contributed by atoms with Crippen LogP contribution in [0.5, 0.6) is 0 Å². The van der Waals surface area contributed by atoms with E-state index in [0.717, 1.165) is 5.69 Å². The van der Waals surface area contributed by atoms with Crippen molar-refractivity contribution in [2.45, 2.75) is 12.7 Å². The molecule has 0 amide bonds. The molecule has 1 aromatic heterocycles. The average molecular weight is 246 g/mol. The predicted octanol–water partition coefficient (Wildman–Crippen LogP) is 2.53. The summed E-state index contributed by atoms with van der Waals surface area (Å²) < 4.78 is 4.80. The van der Waals surface area contributed by atoms with Crippen LogP contribution in [0.25, 0.3) is 0 Å². The number of carbonyl (C=O) groups excluding carboxylic acids is 1. The molecule has 0 saturated carbocycles. The Labute approximate surface area is 98.2 Å². The molecule has 0 radical (unpaired) electrons. The van der Waals surface area contributed by atoms with Gasteiger partial charge in [-0.15, -0.1) is 11.8 Å². The van der Waals surface area contributed by atoms with Crippen LogP contribution < -0.4 is 0 Å². The summed E-state index contributed by atoms with van der Waals surface area (Å²) in [6.45, 7) is 2.22. The Bertz CT molecular complexity index is 333. The highest BCUT2D eigenvalue weighted by atomic mass is 35.5. The highest BCUT2D eigenvalue weighted by Crippen LogP contribution is 2.12. The molecule has 0 aliphatic carbocycles. The molecule has 0 bridgehead atoms. The van der Waals surface area contributed by atoms with E-state index < -0.39 is 0 Å². The average Bonchev–Trinajstić information content (AvgIpc) is 2.18. The smallest absolute Gasteiger partial charge is 0.315 e. The van der Waals surface area contributed by atoms with Crippen LogP contribution in [0.4, 0.5) is 0 Å². The first-order chi connectivity index (χ1) is 7.22. The highest BCUT2D eigenvalue weighted by Gasteiger charge is 2.02.